The van der Waals surface area contributed by atoms with Gasteiger partial charge in [-0.2, -0.15) is 0 Å². The Labute approximate surface area is 178 Å². The van der Waals surface area contributed by atoms with Gasteiger partial charge in [0.1, 0.15) is 0 Å². The average Bonchev–Trinajstić information content (AvgIpc) is 3.00. The van der Waals surface area contributed by atoms with E-state index in [1.807, 2.05) is 12.3 Å². The van der Waals surface area contributed by atoms with Crippen molar-refractivity contribution in [2.45, 2.75) is 45.3 Å². The van der Waals surface area contributed by atoms with Crippen molar-refractivity contribution in [3.05, 3.63) is 78.3 Å². The molecule has 3 heterocycles. The van der Waals surface area contributed by atoms with Crippen molar-refractivity contribution in [1.29, 1.82) is 0 Å². The summed E-state index contributed by atoms with van der Waals surface area (Å²) >= 11 is 0. The third-order valence-electron chi connectivity index (χ3n) is 5.74. The van der Waals surface area contributed by atoms with Gasteiger partial charge in [-0.15, -0.1) is 6.58 Å². The standard InChI is InChI=1S/C25H30N4O/c1-4-10-27-25(30)22-13-19-16-29(15-18-7-6-11-26-14-18)23-9-5-8-20(24(19)23)21(28-22)12-17(2)3/h4-9,11,14,16-17,21-22,28H,1,10,12-13,15H2,2-3H3,(H,27,30). The minimum atomic E-state index is -0.265. The zero-order chi connectivity index (χ0) is 21.1. The number of carbonyl (C=O) groups is 1. The number of nitrogens with one attached hydrogen (secondary N) is 2. The Bertz CT molecular complexity index is 1040. The molecule has 1 aliphatic rings. The van der Waals surface area contributed by atoms with Gasteiger partial charge in [-0.3, -0.25) is 15.1 Å². The second kappa shape index (κ2) is 8.84. The summed E-state index contributed by atoms with van der Waals surface area (Å²) < 4.78 is 2.29. The molecule has 4 rings (SSSR count). The molecule has 0 saturated heterocycles. The van der Waals surface area contributed by atoms with E-state index in [1.54, 1.807) is 12.3 Å². The first-order chi connectivity index (χ1) is 14.6. The number of rotatable bonds is 7. The molecule has 0 saturated carbocycles. The number of pyridine rings is 1. The Morgan fingerprint density at radius 3 is 2.97 bits per heavy atom. The minimum Gasteiger partial charge on any atom is -0.351 e. The summed E-state index contributed by atoms with van der Waals surface area (Å²) in [4.78, 5) is 17.1. The zero-order valence-electron chi connectivity index (χ0n) is 17.8. The largest absolute Gasteiger partial charge is 0.351 e. The summed E-state index contributed by atoms with van der Waals surface area (Å²) in [5, 5.41) is 7.92. The van der Waals surface area contributed by atoms with Crippen LogP contribution >= 0.6 is 0 Å². The van der Waals surface area contributed by atoms with E-state index in [4.69, 9.17) is 0 Å². The highest BCUT2D eigenvalue weighted by molar-refractivity contribution is 5.90. The van der Waals surface area contributed by atoms with Crippen LogP contribution in [0.15, 0.2) is 61.6 Å². The lowest BCUT2D eigenvalue weighted by Gasteiger charge is -2.25. The molecule has 156 valence electrons. The first-order valence-electron chi connectivity index (χ1n) is 10.7. The lowest BCUT2D eigenvalue weighted by molar-refractivity contribution is -0.123. The Hall–Kier alpha value is -2.92. The molecule has 1 aromatic carbocycles. The van der Waals surface area contributed by atoms with Crippen molar-refractivity contribution in [2.24, 2.45) is 5.92 Å². The molecule has 2 N–H and O–H groups in total. The van der Waals surface area contributed by atoms with Crippen LogP contribution in [0.5, 0.6) is 0 Å². The topological polar surface area (TPSA) is 59.0 Å². The van der Waals surface area contributed by atoms with E-state index >= 15 is 0 Å². The van der Waals surface area contributed by atoms with Crippen molar-refractivity contribution in [3.8, 4) is 0 Å². The predicted molar refractivity (Wildman–Crippen MR) is 121 cm³/mol. The van der Waals surface area contributed by atoms with Gasteiger partial charge >= 0.3 is 0 Å². The molecular weight excluding hydrogens is 372 g/mol. The van der Waals surface area contributed by atoms with Crippen LogP contribution in [0.2, 0.25) is 0 Å². The fourth-order valence-corrected chi connectivity index (χ4v) is 4.48. The van der Waals surface area contributed by atoms with Crippen molar-refractivity contribution >= 4 is 16.8 Å². The van der Waals surface area contributed by atoms with Gasteiger partial charge in [0.05, 0.1) is 6.04 Å². The molecule has 5 nitrogen and oxygen atoms in total. The number of hydrogen-bond acceptors (Lipinski definition) is 3. The van der Waals surface area contributed by atoms with E-state index in [-0.39, 0.29) is 18.0 Å². The highest BCUT2D eigenvalue weighted by atomic mass is 16.2. The number of aromatic nitrogens is 2. The molecule has 2 aromatic heterocycles. The normalized spacial score (nSPS) is 18.4. The molecule has 0 bridgehead atoms. The molecule has 0 spiro atoms. The third-order valence-corrected chi connectivity index (χ3v) is 5.74. The van der Waals surface area contributed by atoms with Crippen LogP contribution in [-0.4, -0.2) is 28.0 Å². The van der Waals surface area contributed by atoms with Crippen LogP contribution in [0, 0.1) is 5.92 Å². The maximum absolute atomic E-state index is 12.9. The summed E-state index contributed by atoms with van der Waals surface area (Å²) in [5.41, 5.74) is 4.90. The predicted octanol–water partition coefficient (Wildman–Crippen LogP) is 3.99. The molecule has 0 aliphatic carbocycles. The molecule has 30 heavy (non-hydrogen) atoms. The molecular formula is C25H30N4O. The highest BCUT2D eigenvalue weighted by Gasteiger charge is 2.30. The lowest BCUT2D eigenvalue weighted by atomic mass is 9.94. The van der Waals surface area contributed by atoms with Gasteiger partial charge in [0.2, 0.25) is 5.91 Å². The van der Waals surface area contributed by atoms with Gasteiger partial charge in [-0.1, -0.05) is 38.1 Å². The summed E-state index contributed by atoms with van der Waals surface area (Å²) in [5.74, 6) is 0.554. The van der Waals surface area contributed by atoms with Crippen LogP contribution in [0.4, 0.5) is 0 Å². The minimum absolute atomic E-state index is 0.0321. The molecule has 5 heteroatoms. The van der Waals surface area contributed by atoms with E-state index in [2.05, 4.69) is 71.1 Å². The van der Waals surface area contributed by atoms with Gasteiger partial charge in [-0.25, -0.2) is 0 Å². The van der Waals surface area contributed by atoms with Gasteiger partial charge in [0.25, 0.3) is 0 Å². The van der Waals surface area contributed by atoms with E-state index in [0.29, 0.717) is 18.9 Å². The second-order valence-corrected chi connectivity index (χ2v) is 8.52. The lowest BCUT2D eigenvalue weighted by Crippen LogP contribution is -2.46. The van der Waals surface area contributed by atoms with Crippen LogP contribution < -0.4 is 10.6 Å². The number of nitrogens with zero attached hydrogens (tertiary/aromatic N) is 2. The summed E-state index contributed by atoms with van der Waals surface area (Å²) in [6, 6.07) is 10.5. The fraction of sp³-hybridized carbons (Fsp3) is 0.360. The molecule has 2 unspecified atom stereocenters. The van der Waals surface area contributed by atoms with Crippen molar-refractivity contribution in [2.75, 3.05) is 6.54 Å². The van der Waals surface area contributed by atoms with Gasteiger partial charge in [-0.05, 0) is 47.6 Å². The van der Waals surface area contributed by atoms with Crippen LogP contribution in [-0.2, 0) is 17.8 Å². The van der Waals surface area contributed by atoms with E-state index < -0.39 is 0 Å². The quantitative estimate of drug-likeness (QED) is 0.588. The SMILES string of the molecule is C=CCNC(=O)C1Cc2cn(Cc3cccnc3)c3cccc(c23)C(CC(C)C)N1. The molecule has 1 aliphatic heterocycles. The molecule has 2 atom stereocenters. The highest BCUT2D eigenvalue weighted by Crippen LogP contribution is 2.36. The Morgan fingerprint density at radius 1 is 1.37 bits per heavy atom. The Kier molecular flexibility index (Phi) is 6.00. The number of amides is 1. The van der Waals surface area contributed by atoms with Crippen molar-refractivity contribution in [1.82, 2.24) is 20.2 Å². The second-order valence-electron chi connectivity index (χ2n) is 8.52. The Balaban J connectivity index is 1.77. The van der Waals surface area contributed by atoms with Crippen LogP contribution in [0.1, 0.15) is 43.0 Å². The molecule has 0 radical (unpaired) electrons. The first-order valence-corrected chi connectivity index (χ1v) is 10.7. The number of benzene rings is 1. The van der Waals surface area contributed by atoms with Gasteiger partial charge in [0.15, 0.2) is 0 Å². The fourth-order valence-electron chi connectivity index (χ4n) is 4.48. The zero-order valence-corrected chi connectivity index (χ0v) is 17.8. The average molecular weight is 403 g/mol. The Morgan fingerprint density at radius 2 is 2.23 bits per heavy atom. The van der Waals surface area contributed by atoms with Gasteiger partial charge < -0.3 is 9.88 Å². The maximum Gasteiger partial charge on any atom is 0.237 e. The smallest absolute Gasteiger partial charge is 0.237 e. The maximum atomic E-state index is 12.9. The third kappa shape index (κ3) is 4.17. The van der Waals surface area contributed by atoms with Crippen LogP contribution in [0.25, 0.3) is 10.9 Å². The van der Waals surface area contributed by atoms with E-state index in [1.165, 1.54) is 27.6 Å². The van der Waals surface area contributed by atoms with Crippen molar-refractivity contribution < 1.29 is 4.79 Å². The number of carbonyl (C=O) groups excluding carboxylic acids is 1. The summed E-state index contributed by atoms with van der Waals surface area (Å²) in [6.07, 6.45) is 9.30. The first kappa shape index (κ1) is 20.4. The van der Waals surface area contributed by atoms with Crippen LogP contribution in [0.3, 0.4) is 0 Å². The van der Waals surface area contributed by atoms with E-state index in [9.17, 15) is 4.79 Å². The summed E-state index contributed by atoms with van der Waals surface area (Å²) in [7, 11) is 0. The van der Waals surface area contributed by atoms with Crippen molar-refractivity contribution in [3.63, 3.8) is 0 Å². The molecule has 3 aromatic rings. The summed E-state index contributed by atoms with van der Waals surface area (Å²) in [6.45, 7) is 9.42. The van der Waals surface area contributed by atoms with Gasteiger partial charge in [0, 0.05) is 48.6 Å². The van der Waals surface area contributed by atoms with E-state index in [0.717, 1.165) is 13.0 Å². The number of hydrogen-bond donors (Lipinski definition) is 2. The molecule has 0 fully saturated rings. The monoisotopic (exact) mass is 402 g/mol. The molecule has 1 amide bonds.